The fourth-order valence-corrected chi connectivity index (χ4v) is 1.25. The van der Waals surface area contributed by atoms with Crippen molar-refractivity contribution < 1.29 is 9.90 Å². The van der Waals surface area contributed by atoms with Crippen LogP contribution in [0.5, 0.6) is 0 Å². The first-order valence-corrected chi connectivity index (χ1v) is 4.22. The van der Waals surface area contributed by atoms with E-state index in [-0.39, 0.29) is 5.92 Å². The second-order valence-corrected chi connectivity index (χ2v) is 3.40. The topological polar surface area (TPSA) is 37.3 Å². The molecule has 2 heteroatoms. The molecule has 1 unspecified atom stereocenters. The zero-order valence-corrected chi connectivity index (χ0v) is 7.45. The standard InChI is InChI=1S/C10H14O2/c1-7(2)8-3-5-9(6-4-8)10(11)12/h3-5,7,9H,6H2,1-2H3,(H,11,12). The van der Waals surface area contributed by atoms with E-state index in [1.807, 2.05) is 12.2 Å². The molecule has 0 saturated carbocycles. The van der Waals surface area contributed by atoms with Crippen molar-refractivity contribution in [1.29, 1.82) is 0 Å². The van der Waals surface area contributed by atoms with E-state index in [1.54, 1.807) is 6.08 Å². The van der Waals surface area contributed by atoms with E-state index in [4.69, 9.17) is 5.11 Å². The Labute approximate surface area is 72.6 Å². The largest absolute Gasteiger partial charge is 0.481 e. The summed E-state index contributed by atoms with van der Waals surface area (Å²) in [5, 5.41) is 8.68. The Morgan fingerprint density at radius 1 is 1.67 bits per heavy atom. The van der Waals surface area contributed by atoms with Gasteiger partial charge in [0, 0.05) is 0 Å². The Kier molecular flexibility index (Phi) is 2.69. The number of carbonyl (C=O) groups is 1. The molecule has 12 heavy (non-hydrogen) atoms. The minimum atomic E-state index is -0.731. The second kappa shape index (κ2) is 3.57. The van der Waals surface area contributed by atoms with Gasteiger partial charge in [0.05, 0.1) is 5.92 Å². The lowest BCUT2D eigenvalue weighted by Crippen LogP contribution is -2.12. The maximum absolute atomic E-state index is 10.6. The molecule has 2 nitrogen and oxygen atoms in total. The SMILES string of the molecule is CC(C)C1=CCC(C(=O)O)C=C1. The van der Waals surface area contributed by atoms with Gasteiger partial charge in [-0.15, -0.1) is 0 Å². The Hall–Kier alpha value is -1.05. The zero-order valence-electron chi connectivity index (χ0n) is 7.45. The van der Waals surface area contributed by atoms with Gasteiger partial charge in [0.2, 0.25) is 0 Å². The van der Waals surface area contributed by atoms with E-state index >= 15 is 0 Å². The van der Waals surface area contributed by atoms with Gasteiger partial charge in [0.1, 0.15) is 0 Å². The molecule has 1 atom stereocenters. The Bertz CT molecular complexity index is 236. The second-order valence-electron chi connectivity index (χ2n) is 3.40. The molecular weight excluding hydrogens is 152 g/mol. The number of rotatable bonds is 2. The molecular formula is C10H14O2. The van der Waals surface area contributed by atoms with Gasteiger partial charge in [0.15, 0.2) is 0 Å². The Balaban J connectivity index is 2.61. The molecule has 0 aliphatic heterocycles. The third kappa shape index (κ3) is 1.97. The number of allylic oxidation sites excluding steroid dienone is 3. The van der Waals surface area contributed by atoms with Crippen LogP contribution in [-0.4, -0.2) is 11.1 Å². The highest BCUT2D eigenvalue weighted by Gasteiger charge is 2.16. The molecule has 1 aliphatic rings. The first-order valence-electron chi connectivity index (χ1n) is 4.22. The maximum atomic E-state index is 10.6. The number of hydrogen-bond acceptors (Lipinski definition) is 1. The van der Waals surface area contributed by atoms with Gasteiger partial charge >= 0.3 is 5.97 Å². The maximum Gasteiger partial charge on any atom is 0.310 e. The van der Waals surface area contributed by atoms with Crippen LogP contribution < -0.4 is 0 Å². The summed E-state index contributed by atoms with van der Waals surface area (Å²) in [6.45, 7) is 4.22. The van der Waals surface area contributed by atoms with Gasteiger partial charge in [-0.2, -0.15) is 0 Å². The van der Waals surface area contributed by atoms with E-state index in [1.165, 1.54) is 5.57 Å². The lowest BCUT2D eigenvalue weighted by molar-refractivity contribution is -0.139. The van der Waals surface area contributed by atoms with Crippen LogP contribution in [0.2, 0.25) is 0 Å². The molecule has 0 heterocycles. The van der Waals surface area contributed by atoms with Crippen molar-refractivity contribution in [3.63, 3.8) is 0 Å². The summed E-state index contributed by atoms with van der Waals surface area (Å²) in [7, 11) is 0. The van der Waals surface area contributed by atoms with E-state index < -0.39 is 5.97 Å². The van der Waals surface area contributed by atoms with Gasteiger partial charge in [0.25, 0.3) is 0 Å². The summed E-state index contributed by atoms with van der Waals surface area (Å²) in [6.07, 6.45) is 6.35. The van der Waals surface area contributed by atoms with Crippen LogP contribution in [0.4, 0.5) is 0 Å². The van der Waals surface area contributed by atoms with Crippen LogP contribution in [-0.2, 0) is 4.79 Å². The summed E-state index contributed by atoms with van der Waals surface area (Å²) in [6, 6.07) is 0. The van der Waals surface area contributed by atoms with E-state index in [0.29, 0.717) is 12.3 Å². The van der Waals surface area contributed by atoms with Gasteiger partial charge in [-0.1, -0.05) is 32.1 Å². The fourth-order valence-electron chi connectivity index (χ4n) is 1.25. The summed E-state index contributed by atoms with van der Waals surface area (Å²) in [4.78, 5) is 10.6. The Morgan fingerprint density at radius 2 is 2.33 bits per heavy atom. The van der Waals surface area contributed by atoms with Crippen molar-refractivity contribution in [1.82, 2.24) is 0 Å². The summed E-state index contributed by atoms with van der Waals surface area (Å²) in [5.74, 6) is -0.547. The third-order valence-electron chi connectivity index (χ3n) is 2.11. The highest BCUT2D eigenvalue weighted by molar-refractivity contribution is 5.73. The minimum Gasteiger partial charge on any atom is -0.481 e. The van der Waals surface area contributed by atoms with Gasteiger partial charge < -0.3 is 5.11 Å². The molecule has 1 rings (SSSR count). The van der Waals surface area contributed by atoms with Gasteiger partial charge in [-0.05, 0) is 17.9 Å². The molecule has 0 spiro atoms. The quantitative estimate of drug-likeness (QED) is 0.683. The van der Waals surface area contributed by atoms with Crippen LogP contribution in [0, 0.1) is 11.8 Å². The van der Waals surface area contributed by atoms with Crippen molar-refractivity contribution in [2.45, 2.75) is 20.3 Å². The molecule has 0 saturated heterocycles. The first kappa shape index (κ1) is 9.04. The minimum absolute atomic E-state index is 0.313. The lowest BCUT2D eigenvalue weighted by atomic mass is 9.91. The number of hydrogen-bond donors (Lipinski definition) is 1. The molecule has 0 aromatic heterocycles. The predicted octanol–water partition coefficient (Wildman–Crippen LogP) is 2.23. The third-order valence-corrected chi connectivity index (χ3v) is 2.11. The average Bonchev–Trinajstić information content (AvgIpc) is 2.04. The monoisotopic (exact) mass is 166 g/mol. The molecule has 1 aliphatic carbocycles. The predicted molar refractivity (Wildman–Crippen MR) is 47.8 cm³/mol. The number of carboxylic acid groups (broad SMARTS) is 1. The van der Waals surface area contributed by atoms with Crippen molar-refractivity contribution in [2.75, 3.05) is 0 Å². The van der Waals surface area contributed by atoms with E-state index in [2.05, 4.69) is 13.8 Å². The fraction of sp³-hybridized carbons (Fsp3) is 0.500. The van der Waals surface area contributed by atoms with Crippen molar-refractivity contribution >= 4 is 5.97 Å². The molecule has 1 N–H and O–H groups in total. The number of aliphatic carboxylic acids is 1. The van der Waals surface area contributed by atoms with Crippen LogP contribution in [0.1, 0.15) is 20.3 Å². The Morgan fingerprint density at radius 3 is 2.67 bits per heavy atom. The van der Waals surface area contributed by atoms with Crippen molar-refractivity contribution in [3.8, 4) is 0 Å². The molecule has 0 radical (unpaired) electrons. The summed E-state index contributed by atoms with van der Waals surface area (Å²) < 4.78 is 0. The van der Waals surface area contributed by atoms with Crippen LogP contribution in [0.15, 0.2) is 23.8 Å². The summed E-state index contributed by atoms with van der Waals surface area (Å²) in [5.41, 5.74) is 1.24. The molecule has 0 aromatic rings. The lowest BCUT2D eigenvalue weighted by Gasteiger charge is -2.14. The average molecular weight is 166 g/mol. The van der Waals surface area contributed by atoms with Crippen molar-refractivity contribution in [2.24, 2.45) is 11.8 Å². The zero-order chi connectivity index (χ0) is 9.14. The van der Waals surface area contributed by atoms with Crippen LogP contribution in [0.3, 0.4) is 0 Å². The highest BCUT2D eigenvalue weighted by Crippen LogP contribution is 2.21. The molecule has 0 amide bonds. The molecule has 0 bridgehead atoms. The summed E-state index contributed by atoms with van der Waals surface area (Å²) >= 11 is 0. The molecule has 66 valence electrons. The van der Waals surface area contributed by atoms with Crippen LogP contribution in [0.25, 0.3) is 0 Å². The smallest absolute Gasteiger partial charge is 0.310 e. The van der Waals surface area contributed by atoms with E-state index in [9.17, 15) is 4.79 Å². The van der Waals surface area contributed by atoms with Gasteiger partial charge in [-0.25, -0.2) is 0 Å². The van der Waals surface area contributed by atoms with Gasteiger partial charge in [-0.3, -0.25) is 4.79 Å². The highest BCUT2D eigenvalue weighted by atomic mass is 16.4. The van der Waals surface area contributed by atoms with E-state index in [0.717, 1.165) is 0 Å². The van der Waals surface area contributed by atoms with Crippen LogP contribution >= 0.6 is 0 Å². The normalized spacial score (nSPS) is 22.6. The first-order chi connectivity index (χ1) is 5.61. The van der Waals surface area contributed by atoms with Crippen molar-refractivity contribution in [3.05, 3.63) is 23.8 Å². The molecule has 0 aromatic carbocycles. The number of carboxylic acids is 1. The molecule has 0 fully saturated rings.